The smallest absolute Gasteiger partial charge is 0.277 e. The minimum Gasteiger partial charge on any atom is -0.493 e. The van der Waals surface area contributed by atoms with Gasteiger partial charge in [-0.15, -0.1) is 0 Å². The lowest BCUT2D eigenvalue weighted by Crippen LogP contribution is -2.40. The molecule has 7 heteroatoms. The van der Waals surface area contributed by atoms with Gasteiger partial charge in [0.25, 0.3) is 5.91 Å². The summed E-state index contributed by atoms with van der Waals surface area (Å²) in [5.74, 6) is 1.07. The van der Waals surface area contributed by atoms with Crippen LogP contribution >= 0.6 is 0 Å². The van der Waals surface area contributed by atoms with E-state index in [9.17, 15) is 9.59 Å². The number of nitrogens with zero attached hydrogens (tertiary/aromatic N) is 2. The zero-order valence-corrected chi connectivity index (χ0v) is 15.4. The molecule has 0 atom stereocenters. The number of likely N-dealkylation sites (tertiary alicyclic amines) is 1. The van der Waals surface area contributed by atoms with Crippen molar-refractivity contribution in [2.24, 2.45) is 0 Å². The van der Waals surface area contributed by atoms with Crippen LogP contribution in [-0.2, 0) is 9.63 Å². The van der Waals surface area contributed by atoms with E-state index in [-0.39, 0.29) is 17.9 Å². The van der Waals surface area contributed by atoms with Crippen molar-refractivity contribution < 1.29 is 23.9 Å². The summed E-state index contributed by atoms with van der Waals surface area (Å²) >= 11 is 0. The molecule has 1 aromatic carbocycles. The number of carbonyl (C=O) groups excluding carboxylic acids is 2. The zero-order chi connectivity index (χ0) is 18.5. The topological polar surface area (TPSA) is 68.3 Å². The predicted octanol–water partition coefficient (Wildman–Crippen LogP) is 2.25. The van der Waals surface area contributed by atoms with Crippen LogP contribution in [0.15, 0.2) is 18.2 Å². The molecule has 0 saturated carbocycles. The van der Waals surface area contributed by atoms with Crippen LogP contribution in [0.3, 0.4) is 0 Å². The Morgan fingerprint density at radius 1 is 1.12 bits per heavy atom. The van der Waals surface area contributed by atoms with Crippen LogP contribution in [0.2, 0.25) is 0 Å². The summed E-state index contributed by atoms with van der Waals surface area (Å²) in [7, 11) is 1.58. The van der Waals surface area contributed by atoms with Gasteiger partial charge >= 0.3 is 0 Å². The maximum atomic E-state index is 12.6. The van der Waals surface area contributed by atoms with E-state index in [0.29, 0.717) is 43.3 Å². The summed E-state index contributed by atoms with van der Waals surface area (Å²) in [6, 6.07) is 5.19. The minimum absolute atomic E-state index is 0.00362. The number of benzene rings is 1. The van der Waals surface area contributed by atoms with Crippen LogP contribution in [0.1, 0.15) is 43.0 Å². The zero-order valence-electron chi connectivity index (χ0n) is 15.4. The van der Waals surface area contributed by atoms with E-state index in [1.54, 1.807) is 32.2 Å². The molecular formula is C19H26N2O5. The Morgan fingerprint density at radius 3 is 2.50 bits per heavy atom. The van der Waals surface area contributed by atoms with E-state index < -0.39 is 0 Å². The first-order valence-corrected chi connectivity index (χ1v) is 9.13. The van der Waals surface area contributed by atoms with Crippen LogP contribution < -0.4 is 9.47 Å². The van der Waals surface area contributed by atoms with Crippen LogP contribution in [0.5, 0.6) is 11.5 Å². The van der Waals surface area contributed by atoms with Crippen LogP contribution in [0.4, 0.5) is 0 Å². The van der Waals surface area contributed by atoms with Gasteiger partial charge in [0.2, 0.25) is 5.91 Å². The molecule has 7 nitrogen and oxygen atoms in total. The molecule has 2 fully saturated rings. The predicted molar refractivity (Wildman–Crippen MR) is 95.1 cm³/mol. The molecule has 142 valence electrons. The Hall–Kier alpha value is -2.28. The summed E-state index contributed by atoms with van der Waals surface area (Å²) in [6.07, 6.45) is 3.43. The van der Waals surface area contributed by atoms with Crippen molar-refractivity contribution in [1.29, 1.82) is 0 Å². The molecular weight excluding hydrogens is 336 g/mol. The summed E-state index contributed by atoms with van der Waals surface area (Å²) in [4.78, 5) is 31.3. The molecule has 0 aromatic heterocycles. The highest BCUT2D eigenvalue weighted by Gasteiger charge is 2.25. The fourth-order valence-electron chi connectivity index (χ4n) is 3.27. The van der Waals surface area contributed by atoms with Crippen molar-refractivity contribution >= 4 is 11.8 Å². The molecule has 26 heavy (non-hydrogen) atoms. The number of hydrogen-bond acceptors (Lipinski definition) is 5. The van der Waals surface area contributed by atoms with E-state index in [4.69, 9.17) is 14.3 Å². The molecule has 0 bridgehead atoms. The number of hydroxylamine groups is 2. The van der Waals surface area contributed by atoms with Gasteiger partial charge in [-0.2, -0.15) is 0 Å². The molecule has 2 aliphatic heterocycles. The van der Waals surface area contributed by atoms with Gasteiger partial charge in [0, 0.05) is 45.0 Å². The molecule has 2 heterocycles. The SMILES string of the molecule is COc1ccc(C(=O)N2CCCCO2)cc1OC1CCN(C(C)=O)CC1. The molecule has 0 spiro atoms. The molecule has 0 unspecified atom stereocenters. The van der Waals surface area contributed by atoms with Gasteiger partial charge in [0.05, 0.1) is 13.7 Å². The van der Waals surface area contributed by atoms with E-state index >= 15 is 0 Å². The van der Waals surface area contributed by atoms with Gasteiger partial charge in [-0.1, -0.05) is 0 Å². The van der Waals surface area contributed by atoms with Crippen molar-refractivity contribution in [3.63, 3.8) is 0 Å². The van der Waals surface area contributed by atoms with Crippen molar-refractivity contribution in [3.05, 3.63) is 23.8 Å². The van der Waals surface area contributed by atoms with Crippen molar-refractivity contribution in [2.75, 3.05) is 33.4 Å². The Bertz CT molecular complexity index is 649. The lowest BCUT2D eigenvalue weighted by molar-refractivity contribution is -0.144. The standard InChI is InChI=1S/C19H26N2O5/c1-14(22)20-10-7-16(8-11-20)26-18-13-15(5-6-17(18)24-2)19(23)21-9-3-4-12-25-21/h5-6,13,16H,3-4,7-12H2,1-2H3. The van der Waals surface area contributed by atoms with Gasteiger partial charge < -0.3 is 14.4 Å². The highest BCUT2D eigenvalue weighted by Crippen LogP contribution is 2.31. The number of piperidine rings is 1. The van der Waals surface area contributed by atoms with Gasteiger partial charge in [-0.3, -0.25) is 14.4 Å². The Labute approximate surface area is 153 Å². The lowest BCUT2D eigenvalue weighted by atomic mass is 10.1. The quantitative estimate of drug-likeness (QED) is 0.822. The molecule has 1 aromatic rings. The van der Waals surface area contributed by atoms with Crippen molar-refractivity contribution in [2.45, 2.75) is 38.7 Å². The first-order chi connectivity index (χ1) is 12.6. The van der Waals surface area contributed by atoms with Crippen LogP contribution in [-0.4, -0.2) is 61.2 Å². The van der Waals surface area contributed by atoms with E-state index in [2.05, 4.69) is 0 Å². The van der Waals surface area contributed by atoms with Crippen molar-refractivity contribution in [3.8, 4) is 11.5 Å². The second-order valence-electron chi connectivity index (χ2n) is 6.64. The van der Waals surface area contributed by atoms with E-state index in [0.717, 1.165) is 25.7 Å². The molecule has 2 amide bonds. The molecule has 2 saturated heterocycles. The lowest BCUT2D eigenvalue weighted by Gasteiger charge is -2.32. The van der Waals surface area contributed by atoms with E-state index in [1.165, 1.54) is 5.06 Å². The average Bonchev–Trinajstić information content (AvgIpc) is 2.68. The highest BCUT2D eigenvalue weighted by atomic mass is 16.7. The van der Waals surface area contributed by atoms with Gasteiger partial charge in [0.15, 0.2) is 11.5 Å². The Balaban J connectivity index is 1.69. The molecule has 0 N–H and O–H groups in total. The third-order valence-corrected chi connectivity index (χ3v) is 4.82. The first kappa shape index (κ1) is 18.5. The monoisotopic (exact) mass is 362 g/mol. The number of ether oxygens (including phenoxy) is 2. The number of methoxy groups -OCH3 is 1. The Morgan fingerprint density at radius 2 is 1.88 bits per heavy atom. The number of rotatable bonds is 4. The Kier molecular flexibility index (Phi) is 5.98. The molecule has 0 radical (unpaired) electrons. The largest absolute Gasteiger partial charge is 0.493 e. The van der Waals surface area contributed by atoms with Crippen LogP contribution in [0, 0.1) is 0 Å². The van der Waals surface area contributed by atoms with Crippen LogP contribution in [0.25, 0.3) is 0 Å². The number of carbonyl (C=O) groups is 2. The average molecular weight is 362 g/mol. The fourth-order valence-corrected chi connectivity index (χ4v) is 3.27. The summed E-state index contributed by atoms with van der Waals surface area (Å²) < 4.78 is 11.5. The maximum absolute atomic E-state index is 12.6. The number of hydrogen-bond donors (Lipinski definition) is 0. The fraction of sp³-hybridized carbons (Fsp3) is 0.579. The van der Waals surface area contributed by atoms with Gasteiger partial charge in [-0.25, -0.2) is 5.06 Å². The second kappa shape index (κ2) is 8.40. The summed E-state index contributed by atoms with van der Waals surface area (Å²) in [5, 5.41) is 1.42. The molecule has 2 aliphatic rings. The molecule has 0 aliphatic carbocycles. The van der Waals surface area contributed by atoms with Gasteiger partial charge in [0.1, 0.15) is 6.10 Å². The van der Waals surface area contributed by atoms with Gasteiger partial charge in [-0.05, 0) is 31.0 Å². The van der Waals surface area contributed by atoms with Crippen molar-refractivity contribution in [1.82, 2.24) is 9.96 Å². The third kappa shape index (κ3) is 4.27. The highest BCUT2D eigenvalue weighted by molar-refractivity contribution is 5.94. The third-order valence-electron chi connectivity index (χ3n) is 4.82. The second-order valence-corrected chi connectivity index (χ2v) is 6.64. The normalized spacial score (nSPS) is 18.5. The summed E-state index contributed by atoms with van der Waals surface area (Å²) in [6.45, 7) is 4.12. The van der Waals surface area contributed by atoms with E-state index in [1.807, 2.05) is 4.90 Å². The summed E-state index contributed by atoms with van der Waals surface area (Å²) in [5.41, 5.74) is 0.517. The molecule has 3 rings (SSSR count). The minimum atomic E-state index is -0.163. The number of amides is 2. The first-order valence-electron chi connectivity index (χ1n) is 9.13. The maximum Gasteiger partial charge on any atom is 0.277 e.